The summed E-state index contributed by atoms with van der Waals surface area (Å²) in [6.07, 6.45) is 1.07. The van der Waals surface area contributed by atoms with Gasteiger partial charge < -0.3 is 19.9 Å². The van der Waals surface area contributed by atoms with Gasteiger partial charge in [0.15, 0.2) is 6.29 Å². The molecule has 5 nitrogen and oxygen atoms in total. The summed E-state index contributed by atoms with van der Waals surface area (Å²) in [7, 11) is 1.28. The summed E-state index contributed by atoms with van der Waals surface area (Å²) in [6, 6.07) is 7.85. The number of halogens is 1. The maximum Gasteiger partial charge on any atom is 0.336 e. The molecule has 0 saturated heterocycles. The second kappa shape index (κ2) is 6.28. The third-order valence-corrected chi connectivity index (χ3v) is 5.09. The number of ether oxygens (including phenoxy) is 2. The molecular weight excluding hydrogens is 325 g/mol. The minimum atomic E-state index is -1.12. The van der Waals surface area contributed by atoms with Gasteiger partial charge in [-0.2, -0.15) is 0 Å². The van der Waals surface area contributed by atoms with Gasteiger partial charge in [0.1, 0.15) is 6.67 Å². The van der Waals surface area contributed by atoms with Crippen molar-refractivity contribution < 1.29 is 23.8 Å². The number of hydrogen-bond donors (Lipinski definition) is 2. The van der Waals surface area contributed by atoms with Crippen molar-refractivity contribution in [2.24, 2.45) is 0 Å². The van der Waals surface area contributed by atoms with E-state index in [0.717, 1.165) is 24.0 Å². The third kappa shape index (κ3) is 2.65. The Bertz CT molecular complexity index is 781. The smallest absolute Gasteiger partial charge is 0.336 e. The van der Waals surface area contributed by atoms with Crippen molar-refractivity contribution in [2.75, 3.05) is 20.4 Å². The SMILES string of the molecule is COC(=O)C1=C(CF)NC2=C(C(O)OC2)[C@H]1c1ccccc1C1CC1. The van der Waals surface area contributed by atoms with Crippen LogP contribution in [0.15, 0.2) is 46.8 Å². The molecule has 1 fully saturated rings. The minimum Gasteiger partial charge on any atom is -0.466 e. The molecule has 25 heavy (non-hydrogen) atoms. The molecule has 1 aliphatic carbocycles. The molecule has 132 valence electrons. The lowest BCUT2D eigenvalue weighted by Gasteiger charge is -2.31. The van der Waals surface area contributed by atoms with Crippen LogP contribution in [0.5, 0.6) is 0 Å². The van der Waals surface area contributed by atoms with Gasteiger partial charge in [0.25, 0.3) is 0 Å². The monoisotopic (exact) mass is 345 g/mol. The van der Waals surface area contributed by atoms with Crippen molar-refractivity contribution in [3.05, 3.63) is 57.9 Å². The zero-order valence-electron chi connectivity index (χ0n) is 13.9. The highest BCUT2D eigenvalue weighted by Gasteiger charge is 2.43. The summed E-state index contributed by atoms with van der Waals surface area (Å²) in [5, 5.41) is 13.3. The molecule has 2 heterocycles. The van der Waals surface area contributed by atoms with Crippen LogP contribution in [-0.4, -0.2) is 37.8 Å². The average molecular weight is 345 g/mol. The number of methoxy groups -OCH3 is 1. The van der Waals surface area contributed by atoms with Gasteiger partial charge in [-0.3, -0.25) is 0 Å². The topological polar surface area (TPSA) is 67.8 Å². The van der Waals surface area contributed by atoms with Gasteiger partial charge in [0.2, 0.25) is 0 Å². The zero-order chi connectivity index (χ0) is 17.6. The lowest BCUT2D eigenvalue weighted by atomic mass is 9.78. The number of rotatable bonds is 4. The molecule has 2 atom stereocenters. The zero-order valence-corrected chi connectivity index (χ0v) is 13.9. The number of aliphatic hydroxyl groups is 1. The molecular formula is C19H20FNO4. The van der Waals surface area contributed by atoms with Crippen LogP contribution in [0.25, 0.3) is 0 Å². The fraction of sp³-hybridized carbons (Fsp3) is 0.421. The highest BCUT2D eigenvalue weighted by atomic mass is 19.1. The molecule has 4 rings (SSSR count). The number of alkyl halides is 1. The fourth-order valence-corrected chi connectivity index (χ4v) is 3.81. The Hall–Kier alpha value is -2.18. The molecule has 2 N–H and O–H groups in total. The molecule has 0 aromatic heterocycles. The van der Waals surface area contributed by atoms with Crippen LogP contribution in [0.1, 0.15) is 35.8 Å². The highest BCUT2D eigenvalue weighted by Crippen LogP contribution is 2.49. The molecule has 0 bridgehead atoms. The van der Waals surface area contributed by atoms with Gasteiger partial charge in [0.05, 0.1) is 25.0 Å². The Morgan fingerprint density at radius 3 is 2.72 bits per heavy atom. The second-order valence-corrected chi connectivity index (χ2v) is 6.58. The van der Waals surface area contributed by atoms with E-state index in [1.54, 1.807) is 0 Å². The molecule has 0 radical (unpaired) electrons. The van der Waals surface area contributed by atoms with Crippen molar-refractivity contribution in [1.82, 2.24) is 5.32 Å². The molecule has 1 aromatic carbocycles. The van der Waals surface area contributed by atoms with Crippen LogP contribution < -0.4 is 5.32 Å². The summed E-state index contributed by atoms with van der Waals surface area (Å²) >= 11 is 0. The van der Waals surface area contributed by atoms with E-state index in [9.17, 15) is 14.3 Å². The molecule has 6 heteroatoms. The number of aliphatic hydroxyl groups excluding tert-OH is 1. The second-order valence-electron chi connectivity index (χ2n) is 6.58. The van der Waals surface area contributed by atoms with Crippen LogP contribution in [0.4, 0.5) is 4.39 Å². The average Bonchev–Trinajstić information content (AvgIpc) is 3.43. The Morgan fingerprint density at radius 1 is 1.36 bits per heavy atom. The van der Waals surface area contributed by atoms with Gasteiger partial charge in [-0.1, -0.05) is 24.3 Å². The first-order chi connectivity index (χ1) is 12.2. The number of hydrogen-bond acceptors (Lipinski definition) is 5. The van der Waals surface area contributed by atoms with E-state index < -0.39 is 24.9 Å². The van der Waals surface area contributed by atoms with Crippen LogP contribution >= 0.6 is 0 Å². The molecule has 0 spiro atoms. The van der Waals surface area contributed by atoms with Gasteiger partial charge in [-0.05, 0) is 29.9 Å². The van der Waals surface area contributed by atoms with Crippen molar-refractivity contribution >= 4 is 5.97 Å². The van der Waals surface area contributed by atoms with Gasteiger partial charge in [0, 0.05) is 17.2 Å². The quantitative estimate of drug-likeness (QED) is 0.820. The van der Waals surface area contributed by atoms with Gasteiger partial charge in [-0.25, -0.2) is 9.18 Å². The van der Waals surface area contributed by atoms with Gasteiger partial charge >= 0.3 is 5.97 Å². The number of benzene rings is 1. The van der Waals surface area contributed by atoms with E-state index >= 15 is 0 Å². The van der Waals surface area contributed by atoms with E-state index in [2.05, 4.69) is 5.32 Å². The van der Waals surface area contributed by atoms with Crippen LogP contribution in [0.2, 0.25) is 0 Å². The van der Waals surface area contributed by atoms with Crippen LogP contribution in [-0.2, 0) is 14.3 Å². The van der Waals surface area contributed by atoms with Crippen LogP contribution in [0, 0.1) is 0 Å². The van der Waals surface area contributed by atoms with Crippen molar-refractivity contribution in [1.29, 1.82) is 0 Å². The Balaban J connectivity index is 1.91. The van der Waals surface area contributed by atoms with E-state index in [1.807, 2.05) is 24.3 Å². The number of carbonyl (C=O) groups is 1. The predicted molar refractivity (Wildman–Crippen MR) is 88.3 cm³/mol. The first-order valence-corrected chi connectivity index (χ1v) is 8.41. The third-order valence-electron chi connectivity index (χ3n) is 5.09. The van der Waals surface area contributed by atoms with E-state index in [0.29, 0.717) is 17.2 Å². The standard InChI is InChI=1S/C19H20FNO4/c1-24-18(22)16-13(8-20)21-14-9-25-19(23)17(14)15(16)12-5-3-2-4-11(12)10-6-7-10/h2-5,10,15,19,21,23H,6-9H2,1H3/t15-,19?/m0/s1. The molecule has 0 amide bonds. The summed E-state index contributed by atoms with van der Waals surface area (Å²) in [5.74, 6) is -0.715. The molecule has 1 aromatic rings. The first kappa shape index (κ1) is 16.3. The molecule has 3 aliphatic rings. The highest BCUT2D eigenvalue weighted by molar-refractivity contribution is 5.93. The summed E-state index contributed by atoms with van der Waals surface area (Å²) in [5.41, 5.74) is 3.64. The van der Waals surface area contributed by atoms with E-state index in [-0.39, 0.29) is 17.9 Å². The lowest BCUT2D eigenvalue weighted by Crippen LogP contribution is -2.33. The summed E-state index contributed by atoms with van der Waals surface area (Å²) in [6.45, 7) is -0.657. The summed E-state index contributed by atoms with van der Waals surface area (Å²) in [4.78, 5) is 12.5. The fourth-order valence-electron chi connectivity index (χ4n) is 3.81. The maximum absolute atomic E-state index is 13.7. The molecule has 1 saturated carbocycles. The number of allylic oxidation sites excluding steroid dienone is 1. The number of esters is 1. The lowest BCUT2D eigenvalue weighted by molar-refractivity contribution is -0.136. The van der Waals surface area contributed by atoms with Crippen molar-refractivity contribution in [3.8, 4) is 0 Å². The predicted octanol–water partition coefficient (Wildman–Crippen LogP) is 2.25. The molecule has 1 unspecified atom stereocenters. The largest absolute Gasteiger partial charge is 0.466 e. The first-order valence-electron chi connectivity index (χ1n) is 8.41. The number of dihydropyridines is 1. The minimum absolute atomic E-state index is 0.163. The normalized spacial score (nSPS) is 25.7. The maximum atomic E-state index is 13.7. The Kier molecular flexibility index (Phi) is 4.09. The molecule has 2 aliphatic heterocycles. The number of carbonyl (C=O) groups excluding carboxylic acids is 1. The van der Waals surface area contributed by atoms with Crippen molar-refractivity contribution in [3.63, 3.8) is 0 Å². The Labute approximate surface area is 145 Å². The van der Waals surface area contributed by atoms with E-state index in [1.165, 1.54) is 7.11 Å². The number of nitrogens with one attached hydrogen (secondary N) is 1. The van der Waals surface area contributed by atoms with Gasteiger partial charge in [-0.15, -0.1) is 0 Å². The summed E-state index contributed by atoms with van der Waals surface area (Å²) < 4.78 is 24.0. The van der Waals surface area contributed by atoms with Crippen LogP contribution in [0.3, 0.4) is 0 Å². The Morgan fingerprint density at radius 2 is 2.08 bits per heavy atom. The van der Waals surface area contributed by atoms with Crippen molar-refractivity contribution in [2.45, 2.75) is 31.0 Å². The van der Waals surface area contributed by atoms with E-state index in [4.69, 9.17) is 9.47 Å².